The molecule has 1 aromatic carbocycles. The minimum Gasteiger partial charge on any atom is -0.497 e. The maximum absolute atomic E-state index is 5.41. The largest absolute Gasteiger partial charge is 0.497 e. The SMILES string of the molecule is CC/C(=C\N(C)C)c1ccc(OC)cc1OC. The van der Waals surface area contributed by atoms with Crippen LogP contribution in [-0.2, 0) is 0 Å². The van der Waals surface area contributed by atoms with E-state index >= 15 is 0 Å². The highest BCUT2D eigenvalue weighted by Gasteiger charge is 2.08. The number of nitrogens with zero attached hydrogens (tertiary/aromatic N) is 1. The molecule has 0 radical (unpaired) electrons. The summed E-state index contributed by atoms with van der Waals surface area (Å²) in [6.45, 7) is 2.14. The van der Waals surface area contributed by atoms with Crippen LogP contribution >= 0.6 is 0 Å². The Bertz CT molecular complexity index is 397. The summed E-state index contributed by atoms with van der Waals surface area (Å²) in [7, 11) is 7.38. The van der Waals surface area contributed by atoms with Gasteiger partial charge in [0.25, 0.3) is 0 Å². The van der Waals surface area contributed by atoms with E-state index in [1.165, 1.54) is 5.57 Å². The molecule has 0 unspecified atom stereocenters. The summed E-state index contributed by atoms with van der Waals surface area (Å²) in [6, 6.07) is 5.90. The van der Waals surface area contributed by atoms with Crippen molar-refractivity contribution in [3.8, 4) is 11.5 Å². The number of allylic oxidation sites excluding steroid dienone is 1. The standard InChI is InChI=1S/C14H21NO2/c1-6-11(10-15(2)3)13-8-7-12(16-4)9-14(13)17-5/h7-10H,6H2,1-5H3/b11-10+. The lowest BCUT2D eigenvalue weighted by Gasteiger charge is -2.15. The highest BCUT2D eigenvalue weighted by atomic mass is 16.5. The minimum atomic E-state index is 0.811. The van der Waals surface area contributed by atoms with Crippen molar-refractivity contribution in [2.24, 2.45) is 0 Å². The average Bonchev–Trinajstić information content (AvgIpc) is 2.35. The van der Waals surface area contributed by atoms with Crippen molar-refractivity contribution >= 4 is 5.57 Å². The van der Waals surface area contributed by atoms with Gasteiger partial charge in [-0.2, -0.15) is 0 Å². The molecule has 0 saturated heterocycles. The van der Waals surface area contributed by atoms with Crippen molar-refractivity contribution in [2.75, 3.05) is 28.3 Å². The molecular formula is C14H21NO2. The molecule has 17 heavy (non-hydrogen) atoms. The topological polar surface area (TPSA) is 21.7 Å². The first-order valence-corrected chi connectivity index (χ1v) is 5.71. The molecule has 0 fully saturated rings. The van der Waals surface area contributed by atoms with Gasteiger partial charge >= 0.3 is 0 Å². The average molecular weight is 235 g/mol. The summed E-state index contributed by atoms with van der Waals surface area (Å²) in [4.78, 5) is 2.04. The smallest absolute Gasteiger partial charge is 0.130 e. The predicted molar refractivity (Wildman–Crippen MR) is 71.5 cm³/mol. The maximum Gasteiger partial charge on any atom is 0.130 e. The van der Waals surface area contributed by atoms with Crippen LogP contribution in [-0.4, -0.2) is 33.2 Å². The van der Waals surface area contributed by atoms with E-state index in [9.17, 15) is 0 Å². The van der Waals surface area contributed by atoms with Crippen LogP contribution in [0, 0.1) is 0 Å². The predicted octanol–water partition coefficient (Wildman–Crippen LogP) is 3.02. The second-order valence-corrected chi connectivity index (χ2v) is 4.04. The van der Waals surface area contributed by atoms with Gasteiger partial charge in [0.05, 0.1) is 14.2 Å². The summed E-state index contributed by atoms with van der Waals surface area (Å²) in [6.07, 6.45) is 3.07. The van der Waals surface area contributed by atoms with Gasteiger partial charge in [-0.3, -0.25) is 0 Å². The Morgan fingerprint density at radius 2 is 1.94 bits per heavy atom. The molecule has 1 aromatic rings. The van der Waals surface area contributed by atoms with Crippen LogP contribution in [0.2, 0.25) is 0 Å². The molecule has 0 aliphatic heterocycles. The molecule has 0 amide bonds. The van der Waals surface area contributed by atoms with E-state index in [1.54, 1.807) is 14.2 Å². The van der Waals surface area contributed by atoms with Crippen LogP contribution in [0.4, 0.5) is 0 Å². The Hall–Kier alpha value is -1.64. The van der Waals surface area contributed by atoms with Gasteiger partial charge in [-0.25, -0.2) is 0 Å². The van der Waals surface area contributed by atoms with E-state index in [-0.39, 0.29) is 0 Å². The zero-order valence-electron chi connectivity index (χ0n) is 11.3. The first kappa shape index (κ1) is 13.4. The van der Waals surface area contributed by atoms with Crippen molar-refractivity contribution in [1.29, 1.82) is 0 Å². The molecule has 0 bridgehead atoms. The summed E-state index contributed by atoms with van der Waals surface area (Å²) < 4.78 is 10.6. The molecular weight excluding hydrogens is 214 g/mol. The zero-order chi connectivity index (χ0) is 12.8. The van der Waals surface area contributed by atoms with Gasteiger partial charge in [0, 0.05) is 31.9 Å². The van der Waals surface area contributed by atoms with Gasteiger partial charge in [-0.15, -0.1) is 0 Å². The number of hydrogen-bond acceptors (Lipinski definition) is 3. The second kappa shape index (κ2) is 6.18. The quantitative estimate of drug-likeness (QED) is 0.783. The summed E-state index contributed by atoms with van der Waals surface area (Å²) >= 11 is 0. The Labute approximate surface area is 104 Å². The van der Waals surface area contributed by atoms with E-state index in [1.807, 2.05) is 37.2 Å². The van der Waals surface area contributed by atoms with E-state index in [0.29, 0.717) is 0 Å². The van der Waals surface area contributed by atoms with E-state index < -0.39 is 0 Å². The third-order valence-electron chi connectivity index (χ3n) is 2.55. The summed E-state index contributed by atoms with van der Waals surface area (Å²) in [5.41, 5.74) is 2.36. The number of benzene rings is 1. The molecule has 0 heterocycles. The van der Waals surface area contributed by atoms with Gasteiger partial charge in [0.1, 0.15) is 11.5 Å². The molecule has 3 heteroatoms. The number of hydrogen-bond donors (Lipinski definition) is 0. The first-order chi connectivity index (χ1) is 8.12. The molecule has 1 rings (SSSR count). The van der Waals surface area contributed by atoms with E-state index in [2.05, 4.69) is 13.1 Å². The molecule has 0 N–H and O–H groups in total. The fourth-order valence-corrected chi connectivity index (χ4v) is 1.73. The molecule has 0 aliphatic rings. The highest BCUT2D eigenvalue weighted by Crippen LogP contribution is 2.31. The Morgan fingerprint density at radius 1 is 1.24 bits per heavy atom. The molecule has 3 nitrogen and oxygen atoms in total. The lowest BCUT2D eigenvalue weighted by atomic mass is 10.0. The molecule has 0 aromatic heterocycles. The van der Waals surface area contributed by atoms with Crippen molar-refractivity contribution in [3.63, 3.8) is 0 Å². The van der Waals surface area contributed by atoms with Crippen LogP contribution in [0.25, 0.3) is 5.57 Å². The lowest BCUT2D eigenvalue weighted by molar-refractivity contribution is 0.393. The molecule has 94 valence electrons. The van der Waals surface area contributed by atoms with Gasteiger partial charge in [0.15, 0.2) is 0 Å². The fourth-order valence-electron chi connectivity index (χ4n) is 1.73. The highest BCUT2D eigenvalue weighted by molar-refractivity contribution is 5.71. The maximum atomic E-state index is 5.41. The lowest BCUT2D eigenvalue weighted by Crippen LogP contribution is -2.03. The summed E-state index contributed by atoms with van der Waals surface area (Å²) in [5.74, 6) is 1.66. The van der Waals surface area contributed by atoms with Crippen molar-refractivity contribution < 1.29 is 9.47 Å². The van der Waals surface area contributed by atoms with Gasteiger partial charge in [-0.05, 0) is 24.1 Å². The van der Waals surface area contributed by atoms with Gasteiger partial charge in [-0.1, -0.05) is 6.92 Å². The van der Waals surface area contributed by atoms with Crippen molar-refractivity contribution in [1.82, 2.24) is 4.90 Å². The van der Waals surface area contributed by atoms with Crippen LogP contribution in [0.5, 0.6) is 11.5 Å². The van der Waals surface area contributed by atoms with Gasteiger partial charge in [0.2, 0.25) is 0 Å². The number of methoxy groups -OCH3 is 2. The van der Waals surface area contributed by atoms with Gasteiger partial charge < -0.3 is 14.4 Å². The van der Waals surface area contributed by atoms with Crippen LogP contribution in [0.1, 0.15) is 18.9 Å². The molecule has 0 aliphatic carbocycles. The normalized spacial score (nSPS) is 11.2. The summed E-state index contributed by atoms with van der Waals surface area (Å²) in [5, 5.41) is 0. The van der Waals surface area contributed by atoms with E-state index in [4.69, 9.17) is 9.47 Å². The third kappa shape index (κ3) is 3.41. The van der Waals surface area contributed by atoms with Crippen LogP contribution in [0.15, 0.2) is 24.4 Å². The fraction of sp³-hybridized carbons (Fsp3) is 0.429. The van der Waals surface area contributed by atoms with Crippen LogP contribution in [0.3, 0.4) is 0 Å². The monoisotopic (exact) mass is 235 g/mol. The molecule has 0 spiro atoms. The minimum absolute atomic E-state index is 0.811. The number of ether oxygens (including phenoxy) is 2. The zero-order valence-corrected chi connectivity index (χ0v) is 11.3. The Balaban J connectivity index is 3.19. The third-order valence-corrected chi connectivity index (χ3v) is 2.55. The molecule has 0 saturated carbocycles. The number of rotatable bonds is 5. The first-order valence-electron chi connectivity index (χ1n) is 5.71. The Morgan fingerprint density at radius 3 is 2.41 bits per heavy atom. The second-order valence-electron chi connectivity index (χ2n) is 4.04. The Kier molecular flexibility index (Phi) is 4.88. The van der Waals surface area contributed by atoms with E-state index in [0.717, 1.165) is 23.5 Å². The van der Waals surface area contributed by atoms with Crippen molar-refractivity contribution in [3.05, 3.63) is 30.0 Å². The molecule has 0 atom stereocenters. The van der Waals surface area contributed by atoms with Crippen molar-refractivity contribution in [2.45, 2.75) is 13.3 Å². The van der Waals surface area contributed by atoms with Crippen LogP contribution < -0.4 is 9.47 Å².